The number of nitrogens with zero attached hydrogens (tertiary/aromatic N) is 4. The monoisotopic (exact) mass is 282 g/mol. The number of aromatic nitrogens is 2. The second-order valence-electron chi connectivity index (χ2n) is 5.33. The number of hydrogen-bond acceptors (Lipinski definition) is 5. The number of benzene rings is 1. The fraction of sp³-hybridized carbons (Fsp3) is 0.333. The lowest BCUT2D eigenvalue weighted by Gasteiger charge is -2.14. The van der Waals surface area contributed by atoms with Gasteiger partial charge in [-0.05, 0) is 12.0 Å². The molecule has 0 amide bonds. The quantitative estimate of drug-likeness (QED) is 0.872. The van der Waals surface area contributed by atoms with E-state index in [1.54, 1.807) is 4.68 Å². The van der Waals surface area contributed by atoms with Crippen LogP contribution in [0.15, 0.2) is 30.3 Å². The number of nitrogen functional groups attached to an aromatic ring is 1. The molecule has 0 aliphatic carbocycles. The summed E-state index contributed by atoms with van der Waals surface area (Å²) in [5.74, 6) is 1.07. The van der Waals surface area contributed by atoms with Crippen molar-refractivity contribution in [3.63, 3.8) is 0 Å². The first-order chi connectivity index (χ1) is 10.2. The maximum atomic E-state index is 9.36. The van der Waals surface area contributed by atoms with Crippen LogP contribution in [-0.2, 0) is 6.54 Å². The third-order valence-electron chi connectivity index (χ3n) is 3.78. The van der Waals surface area contributed by atoms with Crippen LogP contribution in [0.25, 0.3) is 0 Å². The van der Waals surface area contributed by atoms with Gasteiger partial charge in [0.15, 0.2) is 5.82 Å². The molecule has 2 heterocycles. The van der Waals surface area contributed by atoms with Gasteiger partial charge < -0.3 is 16.4 Å². The van der Waals surface area contributed by atoms with Crippen LogP contribution in [0.4, 0.5) is 11.6 Å². The maximum Gasteiger partial charge on any atom is 0.170 e. The van der Waals surface area contributed by atoms with E-state index in [9.17, 15) is 5.26 Å². The summed E-state index contributed by atoms with van der Waals surface area (Å²) in [6.07, 6.45) is 0.913. The average Bonchev–Trinajstić information content (AvgIpc) is 3.05. The highest BCUT2D eigenvalue weighted by Crippen LogP contribution is 2.27. The second kappa shape index (κ2) is 5.46. The minimum Gasteiger partial charge on any atom is -0.383 e. The second-order valence-corrected chi connectivity index (χ2v) is 5.33. The number of nitrogens with two attached hydrogens (primary N) is 2. The van der Waals surface area contributed by atoms with Gasteiger partial charge in [0.05, 0.1) is 6.54 Å². The van der Waals surface area contributed by atoms with E-state index in [0.717, 1.165) is 25.1 Å². The van der Waals surface area contributed by atoms with E-state index in [1.807, 2.05) is 35.2 Å². The fourth-order valence-corrected chi connectivity index (χ4v) is 2.65. The smallest absolute Gasteiger partial charge is 0.170 e. The number of rotatable bonds is 3. The Kier molecular flexibility index (Phi) is 3.50. The highest BCUT2D eigenvalue weighted by Gasteiger charge is 2.26. The first-order valence-electron chi connectivity index (χ1n) is 7.00. The van der Waals surface area contributed by atoms with Gasteiger partial charge in [-0.15, -0.1) is 0 Å². The zero-order valence-corrected chi connectivity index (χ0v) is 11.7. The molecule has 2 aromatic rings. The molecule has 0 saturated carbocycles. The van der Waals surface area contributed by atoms with Gasteiger partial charge in [0.2, 0.25) is 0 Å². The first-order valence-corrected chi connectivity index (χ1v) is 7.00. The SMILES string of the molecule is N#Cc1c(N2CCC(N)C2)nn(Cc2ccccc2)c1N. The lowest BCUT2D eigenvalue weighted by Crippen LogP contribution is -2.27. The third-order valence-corrected chi connectivity index (χ3v) is 3.78. The van der Waals surface area contributed by atoms with Gasteiger partial charge in [-0.1, -0.05) is 30.3 Å². The Morgan fingerprint density at radius 2 is 2.10 bits per heavy atom. The van der Waals surface area contributed by atoms with Crippen molar-refractivity contribution in [2.45, 2.75) is 19.0 Å². The predicted molar refractivity (Wildman–Crippen MR) is 81.7 cm³/mol. The Morgan fingerprint density at radius 3 is 2.71 bits per heavy atom. The molecule has 6 nitrogen and oxygen atoms in total. The molecular formula is C15H18N6. The molecule has 1 aliphatic heterocycles. The molecule has 1 aliphatic rings. The van der Waals surface area contributed by atoms with Crippen molar-refractivity contribution in [2.75, 3.05) is 23.7 Å². The summed E-state index contributed by atoms with van der Waals surface area (Å²) in [5.41, 5.74) is 13.6. The highest BCUT2D eigenvalue weighted by atomic mass is 15.4. The van der Waals surface area contributed by atoms with Gasteiger partial charge in [-0.25, -0.2) is 4.68 Å². The van der Waals surface area contributed by atoms with E-state index in [-0.39, 0.29) is 6.04 Å². The topological polar surface area (TPSA) is 96.9 Å². The van der Waals surface area contributed by atoms with Crippen LogP contribution in [0.5, 0.6) is 0 Å². The normalized spacial score (nSPS) is 17.9. The molecule has 0 spiro atoms. The van der Waals surface area contributed by atoms with E-state index in [1.165, 1.54) is 0 Å². The van der Waals surface area contributed by atoms with Crippen molar-refractivity contribution in [1.82, 2.24) is 9.78 Å². The molecule has 1 unspecified atom stereocenters. The summed E-state index contributed by atoms with van der Waals surface area (Å²) in [4.78, 5) is 2.04. The minimum atomic E-state index is 0.136. The Labute approximate surface area is 123 Å². The molecule has 1 aromatic heterocycles. The van der Waals surface area contributed by atoms with E-state index >= 15 is 0 Å². The number of anilines is 2. The van der Waals surface area contributed by atoms with Crippen molar-refractivity contribution in [2.24, 2.45) is 5.73 Å². The zero-order valence-electron chi connectivity index (χ0n) is 11.7. The van der Waals surface area contributed by atoms with Crippen LogP contribution in [0.3, 0.4) is 0 Å². The molecule has 0 radical (unpaired) electrons. The molecule has 3 rings (SSSR count). The molecule has 108 valence electrons. The molecule has 1 saturated heterocycles. The summed E-state index contributed by atoms with van der Waals surface area (Å²) in [5, 5.41) is 13.9. The lowest BCUT2D eigenvalue weighted by atomic mass is 10.2. The van der Waals surface area contributed by atoms with Crippen LogP contribution in [-0.4, -0.2) is 28.9 Å². The van der Waals surface area contributed by atoms with E-state index in [4.69, 9.17) is 11.5 Å². The van der Waals surface area contributed by atoms with E-state index in [2.05, 4.69) is 11.2 Å². The van der Waals surface area contributed by atoms with Gasteiger partial charge in [0.1, 0.15) is 17.5 Å². The molecule has 4 N–H and O–H groups in total. The Bertz CT molecular complexity index is 669. The third kappa shape index (κ3) is 2.56. The molecule has 1 fully saturated rings. The van der Waals surface area contributed by atoms with Crippen molar-refractivity contribution < 1.29 is 0 Å². The first kappa shape index (κ1) is 13.5. The fourth-order valence-electron chi connectivity index (χ4n) is 2.65. The predicted octanol–water partition coefficient (Wildman–Crippen LogP) is 0.923. The Hall–Kier alpha value is -2.52. The van der Waals surface area contributed by atoms with Crippen LogP contribution in [0.2, 0.25) is 0 Å². The van der Waals surface area contributed by atoms with Crippen LogP contribution < -0.4 is 16.4 Å². The molecule has 1 atom stereocenters. The summed E-state index contributed by atoms with van der Waals surface area (Å²) >= 11 is 0. The number of hydrogen-bond donors (Lipinski definition) is 2. The van der Waals surface area contributed by atoms with Crippen molar-refractivity contribution in [1.29, 1.82) is 5.26 Å². The Morgan fingerprint density at radius 1 is 1.33 bits per heavy atom. The lowest BCUT2D eigenvalue weighted by molar-refractivity contribution is 0.689. The Balaban J connectivity index is 1.92. The zero-order chi connectivity index (χ0) is 14.8. The number of nitriles is 1. The molecule has 1 aromatic carbocycles. The minimum absolute atomic E-state index is 0.136. The summed E-state index contributed by atoms with van der Waals surface area (Å²) in [6, 6.07) is 12.2. The standard InChI is InChI=1S/C15H18N6/c16-8-13-14(18)21(9-11-4-2-1-3-5-11)19-15(13)20-7-6-12(17)10-20/h1-5,12H,6-7,9-10,17-18H2. The van der Waals surface area contributed by atoms with Crippen molar-refractivity contribution in [3.05, 3.63) is 41.5 Å². The van der Waals surface area contributed by atoms with Gasteiger partial charge in [0, 0.05) is 19.1 Å². The van der Waals surface area contributed by atoms with Gasteiger partial charge in [-0.3, -0.25) is 0 Å². The van der Waals surface area contributed by atoms with Gasteiger partial charge >= 0.3 is 0 Å². The van der Waals surface area contributed by atoms with Crippen molar-refractivity contribution in [3.8, 4) is 6.07 Å². The van der Waals surface area contributed by atoms with Crippen LogP contribution in [0.1, 0.15) is 17.5 Å². The van der Waals surface area contributed by atoms with Gasteiger partial charge in [0.25, 0.3) is 0 Å². The van der Waals surface area contributed by atoms with E-state index in [0.29, 0.717) is 23.7 Å². The average molecular weight is 282 g/mol. The molecule has 0 bridgehead atoms. The van der Waals surface area contributed by atoms with Crippen LogP contribution in [0, 0.1) is 11.3 Å². The summed E-state index contributed by atoms with van der Waals surface area (Å²) < 4.78 is 1.69. The van der Waals surface area contributed by atoms with E-state index < -0.39 is 0 Å². The molecule has 21 heavy (non-hydrogen) atoms. The van der Waals surface area contributed by atoms with Gasteiger partial charge in [-0.2, -0.15) is 10.4 Å². The largest absolute Gasteiger partial charge is 0.383 e. The maximum absolute atomic E-state index is 9.36. The van der Waals surface area contributed by atoms with Crippen molar-refractivity contribution >= 4 is 11.6 Å². The summed E-state index contributed by atoms with van der Waals surface area (Å²) in [6.45, 7) is 2.09. The molecular weight excluding hydrogens is 264 g/mol. The molecule has 6 heteroatoms. The van der Waals surface area contributed by atoms with Crippen LogP contribution >= 0.6 is 0 Å². The summed E-state index contributed by atoms with van der Waals surface area (Å²) in [7, 11) is 0. The highest BCUT2D eigenvalue weighted by molar-refractivity contribution is 5.65.